The fraction of sp³-hybridized carbons (Fsp3) is 0.417. The van der Waals surface area contributed by atoms with Gasteiger partial charge >= 0.3 is 5.97 Å². The highest BCUT2D eigenvalue weighted by molar-refractivity contribution is 5.72. The van der Waals surface area contributed by atoms with Crippen LogP contribution in [-0.4, -0.2) is 24.3 Å². The van der Waals surface area contributed by atoms with E-state index in [0.717, 1.165) is 5.56 Å². The van der Waals surface area contributed by atoms with Crippen LogP contribution >= 0.6 is 0 Å². The number of ether oxygens (including phenoxy) is 1. The van der Waals surface area contributed by atoms with Crippen LogP contribution in [0.5, 0.6) is 0 Å². The standard InChI is InChI=1S/C12H16O3/c1-2-15-12(14)11(9-13)8-10-6-4-3-5-7-10/h3-7,11,13H,2,8-9H2,1H3/t11-/m0/s1. The molecule has 0 aliphatic rings. The van der Waals surface area contributed by atoms with Gasteiger partial charge in [0.25, 0.3) is 0 Å². The van der Waals surface area contributed by atoms with E-state index >= 15 is 0 Å². The lowest BCUT2D eigenvalue weighted by molar-refractivity contribution is -0.149. The summed E-state index contributed by atoms with van der Waals surface area (Å²) in [7, 11) is 0. The Hall–Kier alpha value is -1.35. The van der Waals surface area contributed by atoms with Crippen LogP contribution in [0.1, 0.15) is 12.5 Å². The SMILES string of the molecule is CCOC(=O)[C@H](CO)Cc1ccccc1. The van der Waals surface area contributed by atoms with Crippen LogP contribution in [0.3, 0.4) is 0 Å². The van der Waals surface area contributed by atoms with Crippen molar-refractivity contribution in [1.82, 2.24) is 0 Å². The Kier molecular flexibility index (Phi) is 4.84. The molecule has 0 aliphatic carbocycles. The summed E-state index contributed by atoms with van der Waals surface area (Å²) in [5.41, 5.74) is 1.03. The number of hydrogen-bond donors (Lipinski definition) is 1. The summed E-state index contributed by atoms with van der Waals surface area (Å²) in [6, 6.07) is 9.61. The fourth-order valence-electron chi connectivity index (χ4n) is 1.38. The zero-order chi connectivity index (χ0) is 11.1. The van der Waals surface area contributed by atoms with E-state index in [1.165, 1.54) is 0 Å². The van der Waals surface area contributed by atoms with Crippen molar-refractivity contribution in [1.29, 1.82) is 0 Å². The number of carbonyl (C=O) groups excluding carboxylic acids is 1. The molecule has 0 bridgehead atoms. The van der Waals surface area contributed by atoms with E-state index in [4.69, 9.17) is 9.84 Å². The highest BCUT2D eigenvalue weighted by Crippen LogP contribution is 2.09. The second kappa shape index (κ2) is 6.19. The van der Waals surface area contributed by atoms with Crippen LogP contribution in [0, 0.1) is 5.92 Å². The summed E-state index contributed by atoms with van der Waals surface area (Å²) in [6.45, 7) is 1.94. The number of benzene rings is 1. The molecule has 0 amide bonds. The molecule has 0 spiro atoms. The van der Waals surface area contributed by atoms with Gasteiger partial charge in [0.2, 0.25) is 0 Å². The molecule has 1 atom stereocenters. The zero-order valence-electron chi connectivity index (χ0n) is 8.85. The molecule has 0 heterocycles. The van der Waals surface area contributed by atoms with Gasteiger partial charge in [-0.1, -0.05) is 30.3 Å². The van der Waals surface area contributed by atoms with Crippen molar-refractivity contribution in [3.05, 3.63) is 35.9 Å². The first-order valence-corrected chi connectivity index (χ1v) is 5.09. The number of esters is 1. The second-order valence-corrected chi connectivity index (χ2v) is 3.32. The van der Waals surface area contributed by atoms with Crippen LogP contribution in [0.25, 0.3) is 0 Å². The highest BCUT2D eigenvalue weighted by Gasteiger charge is 2.18. The van der Waals surface area contributed by atoms with E-state index in [9.17, 15) is 4.79 Å². The Morgan fingerprint density at radius 3 is 2.60 bits per heavy atom. The molecule has 15 heavy (non-hydrogen) atoms. The first-order valence-electron chi connectivity index (χ1n) is 5.09. The molecule has 0 saturated heterocycles. The Morgan fingerprint density at radius 2 is 2.07 bits per heavy atom. The molecule has 0 saturated carbocycles. The molecule has 0 fully saturated rings. The lowest BCUT2D eigenvalue weighted by atomic mass is 10.0. The maximum absolute atomic E-state index is 11.4. The van der Waals surface area contributed by atoms with Crippen molar-refractivity contribution in [2.45, 2.75) is 13.3 Å². The van der Waals surface area contributed by atoms with E-state index < -0.39 is 5.92 Å². The van der Waals surface area contributed by atoms with Crippen molar-refractivity contribution in [2.24, 2.45) is 5.92 Å². The third-order valence-electron chi connectivity index (χ3n) is 2.17. The highest BCUT2D eigenvalue weighted by atomic mass is 16.5. The number of carbonyl (C=O) groups is 1. The summed E-state index contributed by atoms with van der Waals surface area (Å²) >= 11 is 0. The molecular weight excluding hydrogens is 192 g/mol. The van der Waals surface area contributed by atoms with Gasteiger partial charge in [0, 0.05) is 0 Å². The third kappa shape index (κ3) is 3.72. The van der Waals surface area contributed by atoms with E-state index in [1.807, 2.05) is 30.3 Å². The third-order valence-corrected chi connectivity index (χ3v) is 2.17. The molecule has 0 aliphatic heterocycles. The topological polar surface area (TPSA) is 46.5 Å². The number of aliphatic hydroxyl groups is 1. The molecule has 0 radical (unpaired) electrons. The minimum Gasteiger partial charge on any atom is -0.466 e. The van der Waals surface area contributed by atoms with Crippen molar-refractivity contribution < 1.29 is 14.6 Å². The Bertz CT molecular complexity index is 295. The number of aliphatic hydroxyl groups excluding tert-OH is 1. The average molecular weight is 208 g/mol. The van der Waals surface area contributed by atoms with Gasteiger partial charge in [-0.15, -0.1) is 0 Å². The Morgan fingerprint density at radius 1 is 1.40 bits per heavy atom. The van der Waals surface area contributed by atoms with Crippen LogP contribution < -0.4 is 0 Å². The molecule has 0 unspecified atom stereocenters. The summed E-state index contributed by atoms with van der Waals surface area (Å²) in [4.78, 5) is 11.4. The fourth-order valence-corrected chi connectivity index (χ4v) is 1.38. The van der Waals surface area contributed by atoms with Gasteiger partial charge in [-0.05, 0) is 18.9 Å². The lowest BCUT2D eigenvalue weighted by Gasteiger charge is -2.12. The van der Waals surface area contributed by atoms with Crippen LogP contribution in [0.15, 0.2) is 30.3 Å². The molecule has 82 valence electrons. The largest absolute Gasteiger partial charge is 0.466 e. The summed E-state index contributed by atoms with van der Waals surface area (Å²) < 4.78 is 4.87. The zero-order valence-corrected chi connectivity index (χ0v) is 8.85. The maximum atomic E-state index is 11.4. The van der Waals surface area contributed by atoms with Gasteiger partial charge in [-0.3, -0.25) is 4.79 Å². The van der Waals surface area contributed by atoms with E-state index in [0.29, 0.717) is 13.0 Å². The first kappa shape index (κ1) is 11.7. The molecule has 1 aromatic rings. The van der Waals surface area contributed by atoms with Crippen LogP contribution in [-0.2, 0) is 16.0 Å². The predicted octanol–water partition coefficient (Wildman–Crippen LogP) is 1.40. The van der Waals surface area contributed by atoms with Crippen LogP contribution in [0.2, 0.25) is 0 Å². The van der Waals surface area contributed by atoms with Crippen molar-refractivity contribution in [3.63, 3.8) is 0 Å². The number of rotatable bonds is 5. The predicted molar refractivity (Wildman–Crippen MR) is 57.4 cm³/mol. The van der Waals surface area contributed by atoms with Gasteiger partial charge < -0.3 is 9.84 Å². The van der Waals surface area contributed by atoms with Crippen molar-refractivity contribution in [2.75, 3.05) is 13.2 Å². The summed E-state index contributed by atoms with van der Waals surface area (Å²) in [5, 5.41) is 9.08. The second-order valence-electron chi connectivity index (χ2n) is 3.32. The van der Waals surface area contributed by atoms with Crippen LogP contribution in [0.4, 0.5) is 0 Å². The van der Waals surface area contributed by atoms with E-state index in [-0.39, 0.29) is 12.6 Å². The lowest BCUT2D eigenvalue weighted by Crippen LogP contribution is -2.23. The molecule has 3 nitrogen and oxygen atoms in total. The molecule has 0 aromatic heterocycles. The van der Waals surface area contributed by atoms with Crippen molar-refractivity contribution in [3.8, 4) is 0 Å². The van der Waals surface area contributed by atoms with Crippen molar-refractivity contribution >= 4 is 5.97 Å². The average Bonchev–Trinajstić information content (AvgIpc) is 2.27. The van der Waals surface area contributed by atoms with Gasteiger partial charge in [-0.2, -0.15) is 0 Å². The smallest absolute Gasteiger partial charge is 0.311 e. The van der Waals surface area contributed by atoms with Gasteiger partial charge in [0.05, 0.1) is 19.1 Å². The van der Waals surface area contributed by atoms with E-state index in [2.05, 4.69) is 0 Å². The molecule has 1 aromatic carbocycles. The quantitative estimate of drug-likeness (QED) is 0.744. The van der Waals surface area contributed by atoms with Gasteiger partial charge in [0.15, 0.2) is 0 Å². The van der Waals surface area contributed by atoms with Gasteiger partial charge in [0.1, 0.15) is 0 Å². The summed E-state index contributed by atoms with van der Waals surface area (Å²) in [6.07, 6.45) is 0.524. The first-order chi connectivity index (χ1) is 7.27. The Labute approximate surface area is 89.7 Å². The maximum Gasteiger partial charge on any atom is 0.311 e. The Balaban J connectivity index is 2.58. The minimum atomic E-state index is -0.452. The molecular formula is C12H16O3. The summed E-state index contributed by atoms with van der Waals surface area (Å²) in [5.74, 6) is -0.781. The number of hydrogen-bond acceptors (Lipinski definition) is 3. The molecule has 1 N–H and O–H groups in total. The van der Waals surface area contributed by atoms with E-state index in [1.54, 1.807) is 6.92 Å². The molecule has 1 rings (SSSR count). The minimum absolute atomic E-state index is 0.173. The van der Waals surface area contributed by atoms with Gasteiger partial charge in [-0.25, -0.2) is 0 Å². The normalized spacial score (nSPS) is 12.1. The molecule has 3 heteroatoms. The monoisotopic (exact) mass is 208 g/mol.